The summed E-state index contributed by atoms with van der Waals surface area (Å²) in [6, 6.07) is 34.3. The Kier molecular flexibility index (Phi) is 5.35. The molecule has 0 aliphatic carbocycles. The molecule has 2 nitrogen and oxygen atoms in total. The maximum Gasteiger partial charge on any atom is 0.212 e. The molecule has 0 spiro atoms. The molecule has 32 heavy (non-hydrogen) atoms. The van der Waals surface area contributed by atoms with Crippen LogP contribution in [0.3, 0.4) is 0 Å². The van der Waals surface area contributed by atoms with Crippen LogP contribution in [0, 0.1) is 0 Å². The quantitative estimate of drug-likeness (QED) is 0.320. The van der Waals surface area contributed by atoms with E-state index in [-0.39, 0.29) is 0 Å². The third-order valence-corrected chi connectivity index (χ3v) is 6.07. The first-order valence-electron chi connectivity index (χ1n) is 10.9. The van der Waals surface area contributed by atoms with E-state index < -0.39 is 0 Å². The van der Waals surface area contributed by atoms with Crippen molar-refractivity contribution in [3.8, 4) is 0 Å². The van der Waals surface area contributed by atoms with Gasteiger partial charge in [0.25, 0.3) is 0 Å². The highest BCUT2D eigenvalue weighted by Crippen LogP contribution is 2.15. The number of fused-ring (bicyclic) bond motifs is 2. The Labute approximate surface area is 189 Å². The van der Waals surface area contributed by atoms with E-state index in [2.05, 4.69) is 145 Å². The molecule has 0 unspecified atom stereocenters. The summed E-state index contributed by atoms with van der Waals surface area (Å²) < 4.78 is 4.46. The average molecular weight is 415 g/mol. The van der Waals surface area contributed by atoms with Crippen molar-refractivity contribution in [2.45, 2.75) is 0 Å². The van der Waals surface area contributed by atoms with Crippen molar-refractivity contribution in [2.24, 2.45) is 14.1 Å². The number of rotatable bonds is 4. The minimum absolute atomic E-state index is 1.18. The molecule has 2 aromatic heterocycles. The van der Waals surface area contributed by atoms with E-state index in [1.807, 2.05) is 0 Å². The van der Waals surface area contributed by atoms with E-state index in [9.17, 15) is 0 Å². The molecule has 0 saturated carbocycles. The zero-order valence-corrected chi connectivity index (χ0v) is 18.4. The van der Waals surface area contributed by atoms with Crippen LogP contribution in [0.4, 0.5) is 0 Å². The summed E-state index contributed by atoms with van der Waals surface area (Å²) in [5.41, 5.74) is 7.19. The van der Waals surface area contributed by atoms with Crippen molar-refractivity contribution >= 4 is 46.1 Å². The van der Waals surface area contributed by atoms with Gasteiger partial charge in [0.15, 0.2) is 0 Å². The highest BCUT2D eigenvalue weighted by atomic mass is 14.9. The standard InChI is InChI=1S/C30H26N2/c1-31-27(21-17-25-7-3-5-9-29(25)31)19-15-23-11-13-24(14-12-23)16-20-28-22-18-26-8-4-6-10-30(26)32(28)2/h3-22H,1-2H3/q+2/b19-15+,20-16+. The van der Waals surface area contributed by atoms with Gasteiger partial charge in [0, 0.05) is 47.2 Å². The zero-order chi connectivity index (χ0) is 21.9. The normalized spacial score (nSPS) is 11.8. The molecule has 5 rings (SSSR count). The summed E-state index contributed by atoms with van der Waals surface area (Å²) in [7, 11) is 4.23. The molecule has 154 valence electrons. The molecule has 5 aromatic rings. The minimum Gasteiger partial charge on any atom is -0.195 e. The van der Waals surface area contributed by atoms with Gasteiger partial charge in [0.2, 0.25) is 22.4 Å². The lowest BCUT2D eigenvalue weighted by molar-refractivity contribution is -0.646. The summed E-state index contributed by atoms with van der Waals surface area (Å²) in [6.45, 7) is 0. The van der Waals surface area contributed by atoms with Gasteiger partial charge in [-0.05, 0) is 47.5 Å². The Hall–Kier alpha value is -4.04. The largest absolute Gasteiger partial charge is 0.212 e. The van der Waals surface area contributed by atoms with Crippen LogP contribution in [0.1, 0.15) is 22.5 Å². The van der Waals surface area contributed by atoms with E-state index in [0.717, 1.165) is 0 Å². The lowest BCUT2D eigenvalue weighted by atomic mass is 10.1. The van der Waals surface area contributed by atoms with E-state index in [0.29, 0.717) is 0 Å². The maximum absolute atomic E-state index is 2.23. The third kappa shape index (κ3) is 3.95. The van der Waals surface area contributed by atoms with Crippen LogP contribution in [-0.4, -0.2) is 0 Å². The van der Waals surface area contributed by atoms with Gasteiger partial charge in [-0.15, -0.1) is 0 Å². The topological polar surface area (TPSA) is 7.76 Å². The molecule has 0 fully saturated rings. The van der Waals surface area contributed by atoms with Gasteiger partial charge in [0.05, 0.1) is 0 Å². The predicted octanol–water partition coefficient (Wildman–Crippen LogP) is 5.98. The zero-order valence-electron chi connectivity index (χ0n) is 18.4. The van der Waals surface area contributed by atoms with Gasteiger partial charge in [-0.25, -0.2) is 0 Å². The van der Waals surface area contributed by atoms with Crippen molar-refractivity contribution in [1.29, 1.82) is 0 Å². The fraction of sp³-hybridized carbons (Fsp3) is 0.0667. The fourth-order valence-corrected chi connectivity index (χ4v) is 4.14. The molecule has 2 heteroatoms. The number of hydrogen-bond donors (Lipinski definition) is 0. The highest BCUT2D eigenvalue weighted by molar-refractivity contribution is 5.78. The number of pyridine rings is 2. The Morgan fingerprint density at radius 3 is 1.28 bits per heavy atom. The number of aryl methyl sites for hydroxylation is 2. The Bertz CT molecular complexity index is 1360. The number of aromatic nitrogens is 2. The van der Waals surface area contributed by atoms with Crippen LogP contribution in [0.25, 0.3) is 46.1 Å². The van der Waals surface area contributed by atoms with Gasteiger partial charge in [0.1, 0.15) is 14.1 Å². The van der Waals surface area contributed by atoms with Gasteiger partial charge >= 0.3 is 0 Å². The van der Waals surface area contributed by atoms with E-state index in [1.54, 1.807) is 0 Å². The second kappa shape index (κ2) is 8.60. The molecule has 0 aliphatic rings. The van der Waals surface area contributed by atoms with Crippen molar-refractivity contribution < 1.29 is 9.13 Å². The molecule has 0 amide bonds. The molecule has 0 radical (unpaired) electrons. The molecule has 2 heterocycles. The van der Waals surface area contributed by atoms with E-state index in [1.165, 1.54) is 44.3 Å². The van der Waals surface area contributed by atoms with Crippen LogP contribution in [0.2, 0.25) is 0 Å². The Balaban J connectivity index is 1.35. The summed E-state index contributed by atoms with van der Waals surface area (Å²) in [5.74, 6) is 0. The summed E-state index contributed by atoms with van der Waals surface area (Å²) in [5, 5.41) is 2.51. The predicted molar refractivity (Wildman–Crippen MR) is 135 cm³/mol. The first-order chi connectivity index (χ1) is 15.7. The SMILES string of the molecule is C[n+]1c(/C=C/c2ccc(/C=C/c3ccc4ccccc4[n+]3C)cc2)ccc2ccccc21. The Morgan fingerprint density at radius 1 is 0.438 bits per heavy atom. The second-order valence-corrected chi connectivity index (χ2v) is 8.09. The van der Waals surface area contributed by atoms with Crippen molar-refractivity contribution in [2.75, 3.05) is 0 Å². The lowest BCUT2D eigenvalue weighted by Crippen LogP contribution is -2.32. The van der Waals surface area contributed by atoms with Gasteiger partial charge in [-0.1, -0.05) is 48.5 Å². The molecule has 0 N–H and O–H groups in total. The highest BCUT2D eigenvalue weighted by Gasteiger charge is 2.09. The summed E-state index contributed by atoms with van der Waals surface area (Å²) >= 11 is 0. The van der Waals surface area contributed by atoms with Crippen LogP contribution in [0.5, 0.6) is 0 Å². The van der Waals surface area contributed by atoms with Crippen LogP contribution in [0.15, 0.2) is 97.1 Å². The summed E-state index contributed by atoms with van der Waals surface area (Å²) in [6.07, 6.45) is 8.68. The van der Waals surface area contributed by atoms with Crippen molar-refractivity contribution in [3.63, 3.8) is 0 Å². The molecule has 0 bridgehead atoms. The molecule has 3 aromatic carbocycles. The third-order valence-electron chi connectivity index (χ3n) is 6.07. The van der Waals surface area contributed by atoms with Gasteiger partial charge in [-0.2, -0.15) is 9.13 Å². The molecule has 0 atom stereocenters. The second-order valence-electron chi connectivity index (χ2n) is 8.09. The number of nitrogens with zero attached hydrogens (tertiary/aromatic N) is 2. The van der Waals surface area contributed by atoms with Crippen LogP contribution >= 0.6 is 0 Å². The summed E-state index contributed by atoms with van der Waals surface area (Å²) in [4.78, 5) is 0. The van der Waals surface area contributed by atoms with Gasteiger partial charge < -0.3 is 0 Å². The minimum atomic E-state index is 1.18. The molecular weight excluding hydrogens is 388 g/mol. The van der Waals surface area contributed by atoms with Crippen LogP contribution in [-0.2, 0) is 14.1 Å². The lowest BCUT2D eigenvalue weighted by Gasteiger charge is -2.01. The number of para-hydroxylation sites is 2. The number of benzene rings is 3. The first kappa shape index (κ1) is 19.9. The monoisotopic (exact) mass is 414 g/mol. The fourth-order valence-electron chi connectivity index (χ4n) is 4.14. The molecular formula is C30H26N2+2. The van der Waals surface area contributed by atoms with E-state index >= 15 is 0 Å². The maximum atomic E-state index is 2.23. The molecule has 0 aliphatic heterocycles. The van der Waals surface area contributed by atoms with E-state index in [4.69, 9.17) is 0 Å². The van der Waals surface area contributed by atoms with Crippen LogP contribution < -0.4 is 9.13 Å². The molecule has 0 saturated heterocycles. The van der Waals surface area contributed by atoms with Gasteiger partial charge in [-0.3, -0.25) is 0 Å². The average Bonchev–Trinajstić information content (AvgIpc) is 2.84. The smallest absolute Gasteiger partial charge is 0.195 e. The van der Waals surface area contributed by atoms with Crippen molar-refractivity contribution in [1.82, 2.24) is 0 Å². The van der Waals surface area contributed by atoms with Crippen molar-refractivity contribution in [3.05, 3.63) is 120 Å². The Morgan fingerprint density at radius 2 is 0.844 bits per heavy atom. The first-order valence-corrected chi connectivity index (χ1v) is 10.9. The number of hydrogen-bond acceptors (Lipinski definition) is 0.